The lowest BCUT2D eigenvalue weighted by Crippen LogP contribution is -2.55. The van der Waals surface area contributed by atoms with Crippen molar-refractivity contribution in [3.05, 3.63) is 71.8 Å². The zero-order valence-corrected chi connectivity index (χ0v) is 14.8. The van der Waals surface area contributed by atoms with Gasteiger partial charge in [0.25, 0.3) is 0 Å². The topological polar surface area (TPSA) is 46.2 Å². The van der Waals surface area contributed by atoms with E-state index in [1.165, 1.54) is 0 Å². The lowest BCUT2D eigenvalue weighted by atomic mass is 10.0. The monoisotopic (exact) mass is 356 g/mol. The van der Waals surface area contributed by atoms with Crippen LogP contribution in [0.15, 0.2) is 60.7 Å². The van der Waals surface area contributed by atoms with E-state index in [4.69, 9.17) is 23.7 Å². The van der Waals surface area contributed by atoms with Crippen LogP contribution in [-0.2, 0) is 30.3 Å². The second-order valence-electron chi connectivity index (χ2n) is 6.57. The molecule has 5 nitrogen and oxygen atoms in total. The maximum Gasteiger partial charge on any atom is 0.189 e. The fourth-order valence-electron chi connectivity index (χ4n) is 3.41. The van der Waals surface area contributed by atoms with Crippen LogP contribution >= 0.6 is 0 Å². The molecule has 0 aromatic heterocycles. The molecule has 5 heteroatoms. The average Bonchev–Trinajstić information content (AvgIpc) is 2.72. The predicted octanol–water partition coefficient (Wildman–Crippen LogP) is 3.45. The summed E-state index contributed by atoms with van der Waals surface area (Å²) in [7, 11) is 1.63. The Bertz CT molecular complexity index is 677. The summed E-state index contributed by atoms with van der Waals surface area (Å²) in [6.07, 6.45) is -0.796. The molecule has 5 unspecified atom stereocenters. The summed E-state index contributed by atoms with van der Waals surface area (Å²) >= 11 is 0. The molecule has 0 bridgehead atoms. The number of fused-ring (bicyclic) bond motifs is 1. The molecule has 0 amide bonds. The van der Waals surface area contributed by atoms with Gasteiger partial charge in [0.05, 0.1) is 19.3 Å². The van der Waals surface area contributed by atoms with Crippen molar-refractivity contribution in [2.45, 2.75) is 43.9 Å². The smallest absolute Gasteiger partial charge is 0.189 e. The van der Waals surface area contributed by atoms with Gasteiger partial charge in [0.2, 0.25) is 0 Å². The van der Waals surface area contributed by atoms with Crippen molar-refractivity contribution >= 4 is 0 Å². The first-order valence-corrected chi connectivity index (χ1v) is 8.99. The van der Waals surface area contributed by atoms with Crippen molar-refractivity contribution in [3.8, 4) is 0 Å². The van der Waals surface area contributed by atoms with E-state index in [2.05, 4.69) is 24.3 Å². The van der Waals surface area contributed by atoms with Gasteiger partial charge in [-0.15, -0.1) is 0 Å². The molecule has 26 heavy (non-hydrogen) atoms. The van der Waals surface area contributed by atoms with Crippen LogP contribution in [0.4, 0.5) is 0 Å². The zero-order chi connectivity index (χ0) is 17.8. The Labute approximate surface area is 153 Å². The lowest BCUT2D eigenvalue weighted by molar-refractivity contribution is -0.362. The Balaban J connectivity index is 1.47. The minimum absolute atomic E-state index is 0.122. The molecule has 2 aliphatic rings. The standard InChI is InChI=1S/C21H24O5/c1-22-19-12-17(23-13-15-8-4-2-5-9-15)20-21(26-19)24-14-18(25-20)16-10-6-3-7-11-16/h2-11,17-21H,12-14H2,1H3. The van der Waals surface area contributed by atoms with E-state index in [1.807, 2.05) is 36.4 Å². The first kappa shape index (κ1) is 17.6. The molecule has 4 rings (SSSR count). The SMILES string of the molecule is COC1CC(OCc2ccccc2)C2OC(c3ccccc3)COC2O1. The number of ether oxygens (including phenoxy) is 5. The minimum Gasteiger partial charge on any atom is -0.370 e. The Morgan fingerprint density at radius 2 is 1.69 bits per heavy atom. The molecule has 0 radical (unpaired) electrons. The van der Waals surface area contributed by atoms with Crippen LogP contribution < -0.4 is 0 Å². The average molecular weight is 356 g/mol. The number of hydrogen-bond acceptors (Lipinski definition) is 5. The van der Waals surface area contributed by atoms with Gasteiger partial charge in [0, 0.05) is 13.5 Å². The number of methoxy groups -OCH3 is 1. The van der Waals surface area contributed by atoms with E-state index in [0.29, 0.717) is 19.6 Å². The summed E-state index contributed by atoms with van der Waals surface area (Å²) in [6, 6.07) is 20.2. The normalized spacial score (nSPS) is 31.3. The summed E-state index contributed by atoms with van der Waals surface area (Å²) in [4.78, 5) is 0. The maximum absolute atomic E-state index is 6.34. The van der Waals surface area contributed by atoms with Gasteiger partial charge >= 0.3 is 0 Å². The highest BCUT2D eigenvalue weighted by atomic mass is 16.8. The van der Waals surface area contributed by atoms with Crippen molar-refractivity contribution < 1.29 is 23.7 Å². The van der Waals surface area contributed by atoms with Crippen LogP contribution in [0.25, 0.3) is 0 Å². The minimum atomic E-state index is -0.477. The largest absolute Gasteiger partial charge is 0.370 e. The van der Waals surface area contributed by atoms with E-state index in [1.54, 1.807) is 7.11 Å². The zero-order valence-electron chi connectivity index (χ0n) is 14.8. The third kappa shape index (κ3) is 3.98. The van der Waals surface area contributed by atoms with Gasteiger partial charge in [-0.05, 0) is 11.1 Å². The van der Waals surface area contributed by atoms with Crippen LogP contribution in [0.2, 0.25) is 0 Å². The maximum atomic E-state index is 6.34. The second-order valence-corrected chi connectivity index (χ2v) is 6.57. The van der Waals surface area contributed by atoms with Crippen LogP contribution in [0, 0.1) is 0 Å². The second kappa shape index (κ2) is 8.29. The first-order chi connectivity index (χ1) is 12.8. The molecule has 138 valence electrons. The molecule has 2 aromatic rings. The first-order valence-electron chi connectivity index (χ1n) is 8.99. The van der Waals surface area contributed by atoms with E-state index < -0.39 is 6.29 Å². The quantitative estimate of drug-likeness (QED) is 0.821. The van der Waals surface area contributed by atoms with E-state index in [9.17, 15) is 0 Å². The van der Waals surface area contributed by atoms with Gasteiger partial charge in [-0.25, -0.2) is 0 Å². The van der Waals surface area contributed by atoms with Crippen LogP contribution in [0.3, 0.4) is 0 Å². The van der Waals surface area contributed by atoms with Crippen molar-refractivity contribution in [1.29, 1.82) is 0 Å². The molecule has 2 heterocycles. The van der Waals surface area contributed by atoms with Crippen molar-refractivity contribution in [2.24, 2.45) is 0 Å². The number of hydrogen-bond donors (Lipinski definition) is 0. The van der Waals surface area contributed by atoms with Gasteiger partial charge in [0.1, 0.15) is 12.2 Å². The molecule has 0 aliphatic carbocycles. The summed E-state index contributed by atoms with van der Waals surface area (Å²) in [6.45, 7) is 0.970. The lowest BCUT2D eigenvalue weighted by Gasteiger charge is -2.45. The third-order valence-electron chi connectivity index (χ3n) is 4.82. The van der Waals surface area contributed by atoms with E-state index >= 15 is 0 Å². The van der Waals surface area contributed by atoms with Crippen LogP contribution in [-0.4, -0.2) is 38.5 Å². The predicted molar refractivity (Wildman–Crippen MR) is 95.3 cm³/mol. The Kier molecular flexibility index (Phi) is 5.62. The summed E-state index contributed by atoms with van der Waals surface area (Å²) in [5, 5.41) is 0. The van der Waals surface area contributed by atoms with E-state index in [0.717, 1.165) is 11.1 Å². The van der Waals surface area contributed by atoms with Gasteiger partial charge in [-0.3, -0.25) is 0 Å². The van der Waals surface area contributed by atoms with Gasteiger partial charge in [-0.2, -0.15) is 0 Å². The van der Waals surface area contributed by atoms with Crippen LogP contribution in [0.1, 0.15) is 23.7 Å². The molecule has 0 saturated carbocycles. The fourth-order valence-corrected chi connectivity index (χ4v) is 3.41. The summed E-state index contributed by atoms with van der Waals surface area (Å²) < 4.78 is 29.7. The molecular weight excluding hydrogens is 332 g/mol. The Morgan fingerprint density at radius 1 is 0.962 bits per heavy atom. The highest BCUT2D eigenvalue weighted by Crippen LogP contribution is 2.35. The fraction of sp³-hybridized carbons (Fsp3) is 0.429. The van der Waals surface area contributed by atoms with E-state index in [-0.39, 0.29) is 24.6 Å². The molecule has 2 saturated heterocycles. The van der Waals surface area contributed by atoms with Gasteiger partial charge in [-0.1, -0.05) is 60.7 Å². The molecule has 2 aliphatic heterocycles. The summed E-state index contributed by atoms with van der Waals surface area (Å²) in [5.41, 5.74) is 2.22. The molecular formula is C21H24O5. The number of benzene rings is 2. The highest BCUT2D eigenvalue weighted by molar-refractivity contribution is 5.18. The molecule has 5 atom stereocenters. The molecule has 0 spiro atoms. The van der Waals surface area contributed by atoms with Crippen molar-refractivity contribution in [3.63, 3.8) is 0 Å². The van der Waals surface area contributed by atoms with Crippen LogP contribution in [0.5, 0.6) is 0 Å². The van der Waals surface area contributed by atoms with Gasteiger partial charge < -0.3 is 23.7 Å². The Hall–Kier alpha value is -1.76. The summed E-state index contributed by atoms with van der Waals surface area (Å²) in [5.74, 6) is 0. The molecule has 2 aromatic carbocycles. The number of rotatable bonds is 5. The molecule has 2 fully saturated rings. The highest BCUT2D eigenvalue weighted by Gasteiger charge is 2.45. The Morgan fingerprint density at radius 3 is 2.42 bits per heavy atom. The van der Waals surface area contributed by atoms with Gasteiger partial charge in [0.15, 0.2) is 12.6 Å². The van der Waals surface area contributed by atoms with Crippen molar-refractivity contribution in [1.82, 2.24) is 0 Å². The molecule has 0 N–H and O–H groups in total. The van der Waals surface area contributed by atoms with Crippen molar-refractivity contribution in [2.75, 3.05) is 13.7 Å². The third-order valence-corrected chi connectivity index (χ3v) is 4.82.